The highest BCUT2D eigenvalue weighted by Gasteiger charge is 2.33. The molecule has 1 saturated carbocycles. The fourth-order valence-electron chi connectivity index (χ4n) is 1.84. The summed E-state index contributed by atoms with van der Waals surface area (Å²) in [6, 6.07) is 6.29. The molecule has 1 fully saturated rings. The van der Waals surface area contributed by atoms with Crippen LogP contribution >= 0.6 is 24.0 Å². The lowest BCUT2D eigenvalue weighted by molar-refractivity contribution is 0.396. The van der Waals surface area contributed by atoms with Crippen LogP contribution in [-0.2, 0) is 6.54 Å². The van der Waals surface area contributed by atoms with E-state index in [9.17, 15) is 0 Å². The van der Waals surface area contributed by atoms with Crippen molar-refractivity contribution >= 4 is 29.9 Å². The maximum Gasteiger partial charge on any atom is 0.213 e. The Bertz CT molecular complexity index is 453. The number of aliphatic imine (C=N–C) groups is 1. The zero-order valence-corrected chi connectivity index (χ0v) is 14.5. The Kier molecular flexibility index (Phi) is 7.04. The summed E-state index contributed by atoms with van der Waals surface area (Å²) in [6.07, 6.45) is 1.22. The average Bonchev–Trinajstić information content (AvgIpc) is 3.12. The van der Waals surface area contributed by atoms with Gasteiger partial charge in [-0.25, -0.2) is 9.98 Å². The van der Waals surface area contributed by atoms with Crippen LogP contribution in [0.1, 0.15) is 26.0 Å². The summed E-state index contributed by atoms with van der Waals surface area (Å²) in [4.78, 5) is 8.90. The summed E-state index contributed by atoms with van der Waals surface area (Å²) in [7, 11) is 1.62. The quantitative estimate of drug-likeness (QED) is 0.460. The number of nitrogens with one attached hydrogen (secondary N) is 2. The number of guanidine groups is 1. The third-order valence-electron chi connectivity index (χ3n) is 3.17. The molecule has 1 aliphatic carbocycles. The molecular weight excluding hydrogens is 367 g/mol. The number of pyridine rings is 1. The smallest absolute Gasteiger partial charge is 0.213 e. The normalized spacial score (nSPS) is 20.9. The van der Waals surface area contributed by atoms with E-state index < -0.39 is 0 Å². The molecule has 0 aromatic carbocycles. The lowest BCUT2D eigenvalue weighted by atomic mass is 10.3. The molecule has 0 radical (unpaired) electrons. The van der Waals surface area contributed by atoms with Gasteiger partial charge in [0.25, 0.3) is 0 Å². The van der Waals surface area contributed by atoms with Crippen molar-refractivity contribution in [2.45, 2.75) is 32.9 Å². The van der Waals surface area contributed by atoms with Crippen molar-refractivity contribution < 1.29 is 4.74 Å². The Morgan fingerprint density at radius 3 is 2.85 bits per heavy atom. The Balaban J connectivity index is 0.00000200. The van der Waals surface area contributed by atoms with Crippen molar-refractivity contribution in [3.05, 3.63) is 23.9 Å². The zero-order valence-electron chi connectivity index (χ0n) is 12.2. The molecule has 20 heavy (non-hydrogen) atoms. The van der Waals surface area contributed by atoms with Gasteiger partial charge in [0.1, 0.15) is 0 Å². The Labute approximate surface area is 137 Å². The predicted octanol–water partition coefficient (Wildman–Crippen LogP) is 2.17. The lowest BCUT2D eigenvalue weighted by Crippen LogP contribution is -2.39. The Hall–Kier alpha value is -1.05. The van der Waals surface area contributed by atoms with Crippen LogP contribution in [0.2, 0.25) is 0 Å². The molecule has 0 saturated heterocycles. The van der Waals surface area contributed by atoms with E-state index in [1.165, 1.54) is 6.42 Å². The first-order valence-electron chi connectivity index (χ1n) is 6.77. The highest BCUT2D eigenvalue weighted by Crippen LogP contribution is 2.28. The topological polar surface area (TPSA) is 58.5 Å². The van der Waals surface area contributed by atoms with Crippen LogP contribution in [0.4, 0.5) is 0 Å². The molecular formula is C14H23IN4O. The summed E-state index contributed by atoms with van der Waals surface area (Å²) < 4.78 is 5.11. The van der Waals surface area contributed by atoms with E-state index in [1.807, 2.05) is 18.2 Å². The molecule has 2 atom stereocenters. The maximum absolute atomic E-state index is 5.11. The number of rotatable bonds is 5. The van der Waals surface area contributed by atoms with Crippen molar-refractivity contribution in [1.82, 2.24) is 15.6 Å². The molecule has 1 aliphatic rings. The first-order valence-corrected chi connectivity index (χ1v) is 6.77. The minimum Gasteiger partial charge on any atom is -0.481 e. The van der Waals surface area contributed by atoms with Gasteiger partial charge in [-0.3, -0.25) is 0 Å². The van der Waals surface area contributed by atoms with Crippen LogP contribution in [0, 0.1) is 5.92 Å². The lowest BCUT2D eigenvalue weighted by Gasteiger charge is -2.10. The van der Waals surface area contributed by atoms with Gasteiger partial charge in [0.2, 0.25) is 5.88 Å². The summed E-state index contributed by atoms with van der Waals surface area (Å²) >= 11 is 0. The van der Waals surface area contributed by atoms with Gasteiger partial charge < -0.3 is 15.4 Å². The number of nitrogens with zero attached hydrogens (tertiary/aromatic N) is 2. The maximum atomic E-state index is 5.11. The molecule has 1 aromatic heterocycles. The standard InChI is InChI=1S/C14H22N4O.HI/c1-4-15-14(18-12-8-10(12)2)16-9-11-6-5-7-13(17-11)19-3;/h5-7,10,12H,4,8-9H2,1-3H3,(H2,15,16,18);1H. The highest BCUT2D eigenvalue weighted by atomic mass is 127. The Morgan fingerprint density at radius 2 is 2.25 bits per heavy atom. The van der Waals surface area contributed by atoms with Crippen LogP contribution in [0.5, 0.6) is 5.88 Å². The van der Waals surface area contributed by atoms with Gasteiger partial charge in [-0.15, -0.1) is 24.0 Å². The molecule has 1 aromatic rings. The molecule has 2 rings (SSSR count). The number of ether oxygens (including phenoxy) is 1. The Morgan fingerprint density at radius 1 is 1.50 bits per heavy atom. The molecule has 6 heteroatoms. The van der Waals surface area contributed by atoms with E-state index in [2.05, 4.69) is 34.5 Å². The van der Waals surface area contributed by atoms with E-state index >= 15 is 0 Å². The molecule has 2 N–H and O–H groups in total. The van der Waals surface area contributed by atoms with Gasteiger partial charge >= 0.3 is 0 Å². The van der Waals surface area contributed by atoms with Crippen LogP contribution < -0.4 is 15.4 Å². The van der Waals surface area contributed by atoms with Crippen molar-refractivity contribution in [2.75, 3.05) is 13.7 Å². The summed E-state index contributed by atoms with van der Waals surface area (Å²) in [6.45, 7) is 5.72. The number of hydrogen-bond donors (Lipinski definition) is 2. The van der Waals surface area contributed by atoms with Crippen LogP contribution in [0.3, 0.4) is 0 Å². The molecule has 112 valence electrons. The highest BCUT2D eigenvalue weighted by molar-refractivity contribution is 14.0. The van der Waals surface area contributed by atoms with Gasteiger partial charge in [0.05, 0.1) is 19.3 Å². The SMILES string of the molecule is CCNC(=NCc1cccc(OC)n1)NC1CC1C.I. The minimum atomic E-state index is 0. The van der Waals surface area contributed by atoms with E-state index in [-0.39, 0.29) is 24.0 Å². The monoisotopic (exact) mass is 390 g/mol. The van der Waals surface area contributed by atoms with E-state index in [1.54, 1.807) is 7.11 Å². The van der Waals surface area contributed by atoms with Crippen molar-refractivity contribution in [1.29, 1.82) is 0 Å². The minimum absolute atomic E-state index is 0. The van der Waals surface area contributed by atoms with E-state index in [0.717, 1.165) is 24.1 Å². The molecule has 0 aliphatic heterocycles. The molecule has 0 amide bonds. The summed E-state index contributed by atoms with van der Waals surface area (Å²) in [5.41, 5.74) is 0.903. The largest absolute Gasteiger partial charge is 0.481 e. The van der Waals surface area contributed by atoms with Gasteiger partial charge in [-0.05, 0) is 25.3 Å². The number of halogens is 1. The van der Waals surface area contributed by atoms with Gasteiger partial charge in [0, 0.05) is 18.7 Å². The molecule has 5 nitrogen and oxygen atoms in total. The first-order chi connectivity index (χ1) is 9.22. The summed E-state index contributed by atoms with van der Waals surface area (Å²) in [5, 5.41) is 6.67. The third kappa shape index (κ3) is 5.15. The van der Waals surface area contributed by atoms with Crippen molar-refractivity contribution in [3.63, 3.8) is 0 Å². The molecule has 0 spiro atoms. The fourth-order valence-corrected chi connectivity index (χ4v) is 1.84. The van der Waals surface area contributed by atoms with E-state index in [0.29, 0.717) is 18.5 Å². The number of hydrogen-bond acceptors (Lipinski definition) is 3. The second kappa shape index (κ2) is 8.28. The predicted molar refractivity (Wildman–Crippen MR) is 91.7 cm³/mol. The second-order valence-electron chi connectivity index (χ2n) is 4.83. The average molecular weight is 390 g/mol. The zero-order chi connectivity index (χ0) is 13.7. The van der Waals surface area contributed by atoms with Gasteiger partial charge in [-0.1, -0.05) is 13.0 Å². The second-order valence-corrected chi connectivity index (χ2v) is 4.83. The molecule has 0 bridgehead atoms. The van der Waals surface area contributed by atoms with Gasteiger partial charge in [-0.2, -0.15) is 0 Å². The number of aromatic nitrogens is 1. The third-order valence-corrected chi connectivity index (χ3v) is 3.17. The van der Waals surface area contributed by atoms with Crippen LogP contribution in [-0.4, -0.2) is 30.6 Å². The fraction of sp³-hybridized carbons (Fsp3) is 0.571. The van der Waals surface area contributed by atoms with E-state index in [4.69, 9.17) is 4.74 Å². The van der Waals surface area contributed by atoms with Crippen molar-refractivity contribution in [3.8, 4) is 5.88 Å². The number of methoxy groups -OCH3 is 1. The van der Waals surface area contributed by atoms with Crippen LogP contribution in [0.25, 0.3) is 0 Å². The first kappa shape index (κ1) is 17.0. The molecule has 1 heterocycles. The summed E-state index contributed by atoms with van der Waals surface area (Å²) in [5.74, 6) is 2.24. The molecule has 2 unspecified atom stereocenters. The van der Waals surface area contributed by atoms with Crippen molar-refractivity contribution in [2.24, 2.45) is 10.9 Å². The van der Waals surface area contributed by atoms with Crippen LogP contribution in [0.15, 0.2) is 23.2 Å². The van der Waals surface area contributed by atoms with Gasteiger partial charge in [0.15, 0.2) is 5.96 Å².